The molecule has 6 nitrogen and oxygen atoms in total. The fourth-order valence-corrected chi connectivity index (χ4v) is 4.61. The first kappa shape index (κ1) is 22.5. The van der Waals surface area contributed by atoms with Gasteiger partial charge in [0.05, 0.1) is 27.3 Å². The van der Waals surface area contributed by atoms with Gasteiger partial charge in [-0.05, 0) is 30.7 Å². The van der Waals surface area contributed by atoms with E-state index >= 15 is 0 Å². The summed E-state index contributed by atoms with van der Waals surface area (Å²) in [5, 5.41) is 5.59. The van der Waals surface area contributed by atoms with Gasteiger partial charge in [-0.25, -0.2) is 4.79 Å². The van der Waals surface area contributed by atoms with Gasteiger partial charge in [0.2, 0.25) is 0 Å². The number of aromatic nitrogens is 3. The Balaban J connectivity index is 1.56. The number of nitrogens with zero attached hydrogens (tertiary/aromatic N) is 3. The lowest BCUT2D eigenvalue weighted by Crippen LogP contribution is -2.41. The van der Waals surface area contributed by atoms with Gasteiger partial charge in [-0.15, -0.1) is 11.8 Å². The van der Waals surface area contributed by atoms with Crippen molar-refractivity contribution in [2.24, 2.45) is 7.05 Å². The fraction of sp³-hybridized carbons (Fsp3) is 0.174. The van der Waals surface area contributed by atoms with E-state index in [1.165, 1.54) is 20.9 Å². The van der Waals surface area contributed by atoms with Crippen molar-refractivity contribution < 1.29 is 4.52 Å². The minimum absolute atomic E-state index is 0.231. The van der Waals surface area contributed by atoms with Gasteiger partial charge < -0.3 is 4.52 Å². The van der Waals surface area contributed by atoms with Crippen LogP contribution in [0.1, 0.15) is 16.8 Å². The van der Waals surface area contributed by atoms with E-state index in [0.717, 1.165) is 11.1 Å². The molecule has 2 aromatic heterocycles. The first-order valence-corrected chi connectivity index (χ1v) is 11.5. The van der Waals surface area contributed by atoms with Crippen LogP contribution in [0, 0.1) is 6.92 Å². The minimum atomic E-state index is -0.358. The van der Waals surface area contributed by atoms with Gasteiger partial charge in [-0.3, -0.25) is 13.9 Å². The van der Waals surface area contributed by atoms with E-state index in [-0.39, 0.29) is 17.8 Å². The summed E-state index contributed by atoms with van der Waals surface area (Å²) in [6.07, 6.45) is 0. The average Bonchev–Trinajstić information content (AvgIpc) is 3.27. The smallest absolute Gasteiger partial charge is 0.331 e. The van der Waals surface area contributed by atoms with E-state index in [4.69, 9.17) is 27.7 Å². The third-order valence-electron chi connectivity index (χ3n) is 5.01. The Hall–Kier alpha value is -2.74. The van der Waals surface area contributed by atoms with Crippen LogP contribution in [-0.2, 0) is 19.3 Å². The molecular formula is C23H19Cl2N3O3S. The second-order valence-electron chi connectivity index (χ2n) is 7.25. The number of benzene rings is 2. The molecular weight excluding hydrogens is 469 g/mol. The maximum atomic E-state index is 12.9. The van der Waals surface area contributed by atoms with Crippen molar-refractivity contribution in [2.75, 3.05) is 0 Å². The topological polar surface area (TPSA) is 70.0 Å². The molecule has 4 aromatic rings. The van der Waals surface area contributed by atoms with Crippen LogP contribution in [0.5, 0.6) is 0 Å². The Morgan fingerprint density at radius 2 is 1.78 bits per heavy atom. The quantitative estimate of drug-likeness (QED) is 0.277. The highest BCUT2D eigenvalue weighted by atomic mass is 35.5. The van der Waals surface area contributed by atoms with E-state index in [9.17, 15) is 9.59 Å². The summed E-state index contributed by atoms with van der Waals surface area (Å²) >= 11 is 13.4. The highest BCUT2D eigenvalue weighted by molar-refractivity contribution is 7.98. The maximum Gasteiger partial charge on any atom is 0.331 e. The van der Waals surface area contributed by atoms with Crippen molar-refractivity contribution in [1.82, 2.24) is 14.3 Å². The summed E-state index contributed by atoms with van der Waals surface area (Å²) < 4.78 is 8.19. The highest BCUT2D eigenvalue weighted by Crippen LogP contribution is 2.30. The van der Waals surface area contributed by atoms with Crippen molar-refractivity contribution >= 4 is 35.0 Å². The van der Waals surface area contributed by atoms with Gasteiger partial charge in [0.1, 0.15) is 0 Å². The molecule has 0 atom stereocenters. The summed E-state index contributed by atoms with van der Waals surface area (Å²) in [5.41, 5.74) is 2.19. The summed E-state index contributed by atoms with van der Waals surface area (Å²) in [5.74, 6) is 0.990. The Kier molecular flexibility index (Phi) is 6.60. The predicted octanol–water partition coefficient (Wildman–Crippen LogP) is 5.16. The molecule has 0 N–H and O–H groups in total. The zero-order valence-electron chi connectivity index (χ0n) is 17.3. The molecule has 32 heavy (non-hydrogen) atoms. The number of hydrogen-bond acceptors (Lipinski definition) is 5. The average molecular weight is 488 g/mol. The van der Waals surface area contributed by atoms with Crippen molar-refractivity contribution in [3.05, 3.63) is 102 Å². The Labute approximate surface area is 198 Å². The van der Waals surface area contributed by atoms with E-state index in [1.54, 1.807) is 38.2 Å². The zero-order valence-corrected chi connectivity index (χ0v) is 19.7. The van der Waals surface area contributed by atoms with Gasteiger partial charge in [-0.1, -0.05) is 58.7 Å². The molecule has 0 amide bonds. The normalized spacial score (nSPS) is 11.1. The maximum absolute atomic E-state index is 12.9. The molecule has 2 aromatic carbocycles. The van der Waals surface area contributed by atoms with E-state index in [1.807, 2.05) is 30.3 Å². The lowest BCUT2D eigenvalue weighted by Gasteiger charge is -2.14. The van der Waals surface area contributed by atoms with Crippen LogP contribution in [0.4, 0.5) is 0 Å². The number of rotatable bonds is 6. The summed E-state index contributed by atoms with van der Waals surface area (Å²) in [6, 6.07) is 16.4. The van der Waals surface area contributed by atoms with Crippen molar-refractivity contribution in [1.29, 1.82) is 0 Å². The summed E-state index contributed by atoms with van der Waals surface area (Å²) in [7, 11) is 1.67. The second-order valence-corrected chi connectivity index (χ2v) is 9.03. The third kappa shape index (κ3) is 4.55. The predicted molar refractivity (Wildman–Crippen MR) is 128 cm³/mol. The Bertz CT molecular complexity index is 1360. The zero-order chi connectivity index (χ0) is 22.8. The molecule has 0 saturated heterocycles. The monoisotopic (exact) mass is 487 g/mol. The molecule has 0 aliphatic heterocycles. The van der Waals surface area contributed by atoms with Crippen LogP contribution in [0.25, 0.3) is 11.3 Å². The van der Waals surface area contributed by atoms with Crippen molar-refractivity contribution in [3.63, 3.8) is 0 Å². The van der Waals surface area contributed by atoms with Crippen molar-refractivity contribution in [3.8, 4) is 11.3 Å². The lowest BCUT2D eigenvalue weighted by molar-refractivity contribution is 0.426. The van der Waals surface area contributed by atoms with E-state index < -0.39 is 0 Å². The minimum Gasteiger partial charge on any atom is -0.356 e. The molecule has 9 heteroatoms. The summed E-state index contributed by atoms with van der Waals surface area (Å²) in [6.45, 7) is 1.96. The van der Waals surface area contributed by atoms with Crippen LogP contribution >= 0.6 is 35.0 Å². The summed E-state index contributed by atoms with van der Waals surface area (Å²) in [4.78, 5) is 25.8. The van der Waals surface area contributed by atoms with E-state index in [2.05, 4.69) is 5.16 Å². The number of thioether (sulfide) groups is 1. The van der Waals surface area contributed by atoms with E-state index in [0.29, 0.717) is 37.8 Å². The van der Waals surface area contributed by atoms with Crippen LogP contribution in [0.15, 0.2) is 73.7 Å². The molecule has 0 fully saturated rings. The Morgan fingerprint density at radius 3 is 2.50 bits per heavy atom. The molecule has 2 heterocycles. The van der Waals surface area contributed by atoms with Crippen LogP contribution in [0.2, 0.25) is 10.0 Å². The largest absolute Gasteiger partial charge is 0.356 e. The van der Waals surface area contributed by atoms with Gasteiger partial charge in [0, 0.05) is 30.0 Å². The van der Waals surface area contributed by atoms with Gasteiger partial charge in [0.15, 0.2) is 5.76 Å². The molecule has 164 valence electrons. The van der Waals surface area contributed by atoms with Gasteiger partial charge >= 0.3 is 5.69 Å². The molecule has 0 aliphatic rings. The Morgan fingerprint density at radius 1 is 1.03 bits per heavy atom. The molecule has 0 unspecified atom stereocenters. The van der Waals surface area contributed by atoms with Gasteiger partial charge in [-0.2, -0.15) is 0 Å². The first-order valence-electron chi connectivity index (χ1n) is 9.73. The first-order chi connectivity index (χ1) is 15.3. The highest BCUT2D eigenvalue weighted by Gasteiger charge is 2.16. The van der Waals surface area contributed by atoms with Crippen molar-refractivity contribution in [2.45, 2.75) is 24.2 Å². The molecule has 0 bridgehead atoms. The molecule has 0 radical (unpaired) electrons. The van der Waals surface area contributed by atoms with Gasteiger partial charge in [0.25, 0.3) is 5.56 Å². The standard InChI is InChI=1S/C23H19Cl2N3O3S/c1-14-21(29)28(12-15-6-4-3-5-7-15)23(30)27(2)22(14)32-13-17-11-20(31-26-17)16-8-9-18(24)19(25)10-16/h3-11H,12-13H2,1-2H3. The fourth-order valence-electron chi connectivity index (χ4n) is 3.32. The SMILES string of the molecule is Cc1c(SCc2cc(-c3ccc(Cl)c(Cl)c3)on2)n(C)c(=O)n(Cc2ccccc2)c1=O. The molecule has 0 saturated carbocycles. The molecule has 0 aliphatic carbocycles. The van der Waals surface area contributed by atoms with Crippen LogP contribution < -0.4 is 11.2 Å². The lowest BCUT2D eigenvalue weighted by atomic mass is 10.2. The van der Waals surface area contributed by atoms with Crippen LogP contribution in [-0.4, -0.2) is 14.3 Å². The van der Waals surface area contributed by atoms with Crippen LogP contribution in [0.3, 0.4) is 0 Å². The number of halogens is 2. The molecule has 4 rings (SSSR count). The third-order valence-corrected chi connectivity index (χ3v) is 7.05. The second kappa shape index (κ2) is 9.40. The molecule has 0 spiro atoms. The number of hydrogen-bond donors (Lipinski definition) is 0.